The van der Waals surface area contributed by atoms with E-state index in [1.165, 1.54) is 7.11 Å². The highest BCUT2D eigenvalue weighted by Gasteiger charge is 2.07. The van der Waals surface area contributed by atoms with Crippen molar-refractivity contribution in [2.24, 2.45) is 0 Å². The molecule has 0 fully saturated rings. The Morgan fingerprint density at radius 1 is 1.00 bits per heavy atom. The number of ether oxygens (including phenoxy) is 1. The fraction of sp³-hybridized carbons (Fsp3) is 0.150. The van der Waals surface area contributed by atoms with Gasteiger partial charge >= 0.3 is 5.97 Å². The van der Waals surface area contributed by atoms with Gasteiger partial charge in [-0.2, -0.15) is 4.98 Å². The number of nitrogens with zero attached hydrogens (tertiary/aromatic N) is 3. The monoisotopic (exact) mass is 363 g/mol. The highest BCUT2D eigenvalue weighted by molar-refractivity contribution is 5.90. The number of methoxy groups -OCH3 is 1. The molecule has 7 nitrogen and oxygen atoms in total. The predicted octanol–water partition coefficient (Wildman–Crippen LogP) is 3.82. The third-order valence-electron chi connectivity index (χ3n) is 3.85. The van der Waals surface area contributed by atoms with Crippen molar-refractivity contribution in [2.45, 2.75) is 0 Å². The third kappa shape index (κ3) is 4.72. The molecule has 3 aromatic rings. The Labute approximate surface area is 158 Å². The van der Waals surface area contributed by atoms with Crippen LogP contribution in [0.15, 0.2) is 60.8 Å². The molecule has 0 aliphatic heterocycles. The maximum absolute atomic E-state index is 11.7. The number of carbonyl (C=O) groups is 1. The smallest absolute Gasteiger partial charge is 0.337 e. The largest absolute Gasteiger partial charge is 0.465 e. The number of carbonyl (C=O) groups excluding carboxylic acids is 1. The number of aromatic nitrogens is 2. The molecule has 0 aliphatic carbocycles. The molecule has 0 amide bonds. The number of hydrogen-bond acceptors (Lipinski definition) is 7. The molecule has 0 spiro atoms. The van der Waals surface area contributed by atoms with E-state index in [9.17, 15) is 4.79 Å². The summed E-state index contributed by atoms with van der Waals surface area (Å²) in [6, 6.07) is 16.8. The molecule has 7 heteroatoms. The highest BCUT2D eigenvalue weighted by Crippen LogP contribution is 2.20. The average Bonchev–Trinajstić information content (AvgIpc) is 2.68. The molecule has 0 unspecified atom stereocenters. The molecule has 0 saturated carbocycles. The van der Waals surface area contributed by atoms with E-state index >= 15 is 0 Å². The van der Waals surface area contributed by atoms with Crippen LogP contribution in [0.4, 0.5) is 28.8 Å². The van der Waals surface area contributed by atoms with E-state index in [1.54, 1.807) is 30.5 Å². The number of rotatable bonds is 6. The Morgan fingerprint density at radius 3 is 2.48 bits per heavy atom. The van der Waals surface area contributed by atoms with Crippen molar-refractivity contribution >= 4 is 34.8 Å². The second kappa shape index (κ2) is 8.18. The van der Waals surface area contributed by atoms with Gasteiger partial charge in [0, 0.05) is 37.4 Å². The summed E-state index contributed by atoms with van der Waals surface area (Å²) in [5.41, 5.74) is 3.21. The quantitative estimate of drug-likeness (QED) is 0.645. The van der Waals surface area contributed by atoms with Crippen molar-refractivity contribution in [3.8, 4) is 0 Å². The summed E-state index contributed by atoms with van der Waals surface area (Å²) >= 11 is 0. The maximum Gasteiger partial charge on any atom is 0.337 e. The molecule has 1 aromatic heterocycles. The standard InChI is InChI=1S/C20H21N5O2/c1-25(2)17-9-7-15(8-10-17)23-20-21-12-11-18(24-20)22-16-6-4-5-14(13-16)19(26)27-3/h4-13H,1-3H3,(H2,21,22,23,24). The second-order valence-electron chi connectivity index (χ2n) is 6.03. The fourth-order valence-electron chi connectivity index (χ4n) is 2.45. The lowest BCUT2D eigenvalue weighted by Gasteiger charge is -2.13. The minimum absolute atomic E-state index is 0.384. The Balaban J connectivity index is 1.73. The van der Waals surface area contributed by atoms with Crippen molar-refractivity contribution < 1.29 is 9.53 Å². The van der Waals surface area contributed by atoms with Gasteiger partial charge in [0.2, 0.25) is 5.95 Å². The van der Waals surface area contributed by atoms with Crippen molar-refractivity contribution in [2.75, 3.05) is 36.7 Å². The Hall–Kier alpha value is -3.61. The molecule has 2 N–H and O–H groups in total. The lowest BCUT2D eigenvalue weighted by molar-refractivity contribution is 0.0601. The van der Waals surface area contributed by atoms with Crippen LogP contribution in [0.1, 0.15) is 10.4 Å². The minimum Gasteiger partial charge on any atom is -0.465 e. The summed E-state index contributed by atoms with van der Waals surface area (Å²) < 4.78 is 4.74. The molecule has 3 rings (SSSR count). The van der Waals surface area contributed by atoms with E-state index in [4.69, 9.17) is 4.74 Å². The molecule has 138 valence electrons. The Kier molecular flexibility index (Phi) is 5.51. The van der Waals surface area contributed by atoms with Gasteiger partial charge in [-0.15, -0.1) is 0 Å². The van der Waals surface area contributed by atoms with E-state index in [-0.39, 0.29) is 5.97 Å². The molecular weight excluding hydrogens is 342 g/mol. The molecule has 0 bridgehead atoms. The molecule has 0 radical (unpaired) electrons. The van der Waals surface area contributed by atoms with Crippen LogP contribution in [0.3, 0.4) is 0 Å². The summed E-state index contributed by atoms with van der Waals surface area (Å²) in [5, 5.41) is 6.35. The number of hydrogen-bond donors (Lipinski definition) is 2. The Bertz CT molecular complexity index is 926. The molecule has 27 heavy (non-hydrogen) atoms. The van der Waals surface area contributed by atoms with Gasteiger partial charge in [-0.05, 0) is 48.5 Å². The van der Waals surface area contributed by atoms with Gasteiger partial charge in [-0.25, -0.2) is 9.78 Å². The first-order valence-electron chi connectivity index (χ1n) is 8.38. The molecule has 2 aromatic carbocycles. The zero-order valence-corrected chi connectivity index (χ0v) is 15.4. The van der Waals surface area contributed by atoms with E-state index in [2.05, 4.69) is 20.6 Å². The fourth-order valence-corrected chi connectivity index (χ4v) is 2.45. The molecule has 0 atom stereocenters. The second-order valence-corrected chi connectivity index (χ2v) is 6.03. The summed E-state index contributed by atoms with van der Waals surface area (Å²) in [6.45, 7) is 0. The van der Waals surface area contributed by atoms with Crippen LogP contribution >= 0.6 is 0 Å². The van der Waals surface area contributed by atoms with Crippen LogP contribution in [-0.2, 0) is 4.74 Å². The van der Waals surface area contributed by atoms with Crippen LogP contribution in [0.2, 0.25) is 0 Å². The van der Waals surface area contributed by atoms with Crippen LogP contribution in [-0.4, -0.2) is 37.1 Å². The SMILES string of the molecule is COC(=O)c1cccc(Nc2ccnc(Nc3ccc(N(C)C)cc3)n2)c1. The number of anilines is 5. The third-order valence-corrected chi connectivity index (χ3v) is 3.85. The zero-order chi connectivity index (χ0) is 19.2. The van der Waals surface area contributed by atoms with E-state index in [0.29, 0.717) is 17.3 Å². The topological polar surface area (TPSA) is 79.4 Å². The first-order chi connectivity index (χ1) is 13.0. The van der Waals surface area contributed by atoms with E-state index in [0.717, 1.165) is 17.1 Å². The number of nitrogens with one attached hydrogen (secondary N) is 2. The number of benzene rings is 2. The van der Waals surface area contributed by atoms with Crippen molar-refractivity contribution in [3.05, 3.63) is 66.4 Å². The van der Waals surface area contributed by atoms with Crippen LogP contribution in [0.25, 0.3) is 0 Å². The average molecular weight is 363 g/mol. The summed E-state index contributed by atoms with van der Waals surface area (Å²) in [7, 11) is 5.35. The highest BCUT2D eigenvalue weighted by atomic mass is 16.5. The maximum atomic E-state index is 11.7. The van der Waals surface area contributed by atoms with E-state index < -0.39 is 0 Å². The first-order valence-corrected chi connectivity index (χ1v) is 8.38. The summed E-state index contributed by atoms with van der Waals surface area (Å²) in [4.78, 5) is 22.4. The number of esters is 1. The summed E-state index contributed by atoms with van der Waals surface area (Å²) in [5.74, 6) is 0.700. The molecule has 0 saturated heterocycles. The van der Waals surface area contributed by atoms with Gasteiger partial charge in [0.05, 0.1) is 12.7 Å². The molecular formula is C20H21N5O2. The van der Waals surface area contributed by atoms with Gasteiger partial charge in [0.15, 0.2) is 0 Å². The van der Waals surface area contributed by atoms with Crippen molar-refractivity contribution in [3.63, 3.8) is 0 Å². The lowest BCUT2D eigenvalue weighted by Crippen LogP contribution is -2.08. The predicted molar refractivity (Wildman–Crippen MR) is 107 cm³/mol. The molecule has 0 aliphatic rings. The normalized spacial score (nSPS) is 10.2. The van der Waals surface area contributed by atoms with E-state index in [1.807, 2.05) is 49.3 Å². The van der Waals surface area contributed by atoms with Crippen molar-refractivity contribution in [1.82, 2.24) is 9.97 Å². The van der Waals surface area contributed by atoms with Gasteiger partial charge in [-0.3, -0.25) is 0 Å². The van der Waals surface area contributed by atoms with Crippen LogP contribution < -0.4 is 15.5 Å². The van der Waals surface area contributed by atoms with Gasteiger partial charge in [-0.1, -0.05) is 6.07 Å². The van der Waals surface area contributed by atoms with Gasteiger partial charge in [0.1, 0.15) is 5.82 Å². The van der Waals surface area contributed by atoms with Crippen LogP contribution in [0, 0.1) is 0 Å². The Morgan fingerprint density at radius 2 is 1.78 bits per heavy atom. The van der Waals surface area contributed by atoms with Gasteiger partial charge in [0.25, 0.3) is 0 Å². The lowest BCUT2D eigenvalue weighted by atomic mass is 10.2. The van der Waals surface area contributed by atoms with Gasteiger partial charge < -0.3 is 20.3 Å². The van der Waals surface area contributed by atoms with Crippen LogP contribution in [0.5, 0.6) is 0 Å². The van der Waals surface area contributed by atoms with Crippen molar-refractivity contribution in [1.29, 1.82) is 0 Å². The zero-order valence-electron chi connectivity index (χ0n) is 15.4. The summed E-state index contributed by atoms with van der Waals surface area (Å²) in [6.07, 6.45) is 1.66. The first kappa shape index (κ1) is 18.2. The minimum atomic E-state index is -0.384. The molecule has 1 heterocycles.